The Labute approximate surface area is 163 Å². The Morgan fingerprint density at radius 1 is 1.19 bits per heavy atom. The number of aryl methyl sites for hydroxylation is 1. The van der Waals surface area contributed by atoms with Crippen molar-refractivity contribution in [2.75, 3.05) is 31.3 Å². The van der Waals surface area contributed by atoms with E-state index in [4.69, 9.17) is 9.47 Å². The van der Waals surface area contributed by atoms with Crippen LogP contribution in [0.2, 0.25) is 0 Å². The molecule has 2 N–H and O–H groups in total. The number of fused-ring (bicyclic) bond motifs is 2. The first kappa shape index (κ1) is 18.0. The molecule has 0 aromatic heterocycles. The van der Waals surface area contributed by atoms with Crippen LogP contribution >= 0.6 is 11.8 Å². The number of carbonyl (C=O) groups excluding carboxylic acids is 1. The molecule has 0 radical (unpaired) electrons. The van der Waals surface area contributed by atoms with Gasteiger partial charge in [0.05, 0.1) is 18.3 Å². The maximum atomic E-state index is 12.5. The molecule has 1 amide bonds. The molecular weight excluding hydrogens is 360 g/mol. The van der Waals surface area contributed by atoms with Crippen LogP contribution in [0.5, 0.6) is 11.5 Å². The highest BCUT2D eigenvalue weighted by Gasteiger charge is 2.21. The number of hydrogen-bond donors (Lipinski definition) is 2. The lowest BCUT2D eigenvalue weighted by atomic mass is 9.88. The minimum atomic E-state index is -0.00125. The van der Waals surface area contributed by atoms with Crippen molar-refractivity contribution in [1.29, 1.82) is 0 Å². The molecule has 1 atom stereocenters. The lowest BCUT2D eigenvalue weighted by Crippen LogP contribution is -2.35. The zero-order valence-corrected chi connectivity index (χ0v) is 16.2. The molecule has 1 aliphatic heterocycles. The van der Waals surface area contributed by atoms with E-state index in [1.807, 2.05) is 24.5 Å². The summed E-state index contributed by atoms with van der Waals surface area (Å²) >= 11 is 1.62. The highest BCUT2D eigenvalue weighted by molar-refractivity contribution is 7.98. The van der Waals surface area contributed by atoms with Gasteiger partial charge < -0.3 is 20.1 Å². The molecule has 2 aromatic rings. The molecule has 27 heavy (non-hydrogen) atoms. The van der Waals surface area contributed by atoms with E-state index in [0.717, 1.165) is 41.3 Å². The summed E-state index contributed by atoms with van der Waals surface area (Å²) in [5, 5.41) is 6.44. The quantitative estimate of drug-likeness (QED) is 0.768. The van der Waals surface area contributed by atoms with E-state index in [-0.39, 0.29) is 18.5 Å². The van der Waals surface area contributed by atoms with Crippen molar-refractivity contribution >= 4 is 23.4 Å². The number of thioether (sulfide) groups is 1. The van der Waals surface area contributed by atoms with Crippen molar-refractivity contribution in [3.63, 3.8) is 0 Å². The molecule has 6 heteroatoms. The summed E-state index contributed by atoms with van der Waals surface area (Å²) in [6.07, 6.45) is 5.20. The molecule has 0 unspecified atom stereocenters. The van der Waals surface area contributed by atoms with Gasteiger partial charge in [-0.25, -0.2) is 0 Å². The SMILES string of the molecule is CSc1cc2c(cc1NCC(=O)N[C@H]1CCCc3ccccc31)OCCO2. The summed E-state index contributed by atoms with van der Waals surface area (Å²) in [5.41, 5.74) is 3.49. The van der Waals surface area contributed by atoms with Crippen LogP contribution in [0, 0.1) is 0 Å². The summed E-state index contributed by atoms with van der Waals surface area (Å²) in [6.45, 7) is 1.34. The summed E-state index contributed by atoms with van der Waals surface area (Å²) in [5.74, 6) is 1.49. The molecule has 0 saturated heterocycles. The first-order valence-electron chi connectivity index (χ1n) is 9.33. The van der Waals surface area contributed by atoms with E-state index in [9.17, 15) is 4.79 Å². The van der Waals surface area contributed by atoms with Gasteiger partial charge in [0.25, 0.3) is 0 Å². The van der Waals surface area contributed by atoms with Crippen LogP contribution < -0.4 is 20.1 Å². The van der Waals surface area contributed by atoms with E-state index in [1.165, 1.54) is 11.1 Å². The normalized spacial score (nSPS) is 17.7. The number of ether oxygens (including phenoxy) is 2. The standard InChI is InChI=1S/C21H24N2O3S/c1-27-20-12-19-18(25-9-10-26-19)11-17(20)22-13-21(24)23-16-8-4-6-14-5-2-3-7-15(14)16/h2-3,5,7,11-12,16,22H,4,6,8-10,13H2,1H3,(H,23,24)/t16-/m0/s1. The molecule has 2 aromatic carbocycles. The fraction of sp³-hybridized carbons (Fsp3) is 0.381. The Balaban J connectivity index is 1.41. The molecule has 1 aliphatic carbocycles. The van der Waals surface area contributed by atoms with Gasteiger partial charge in [0.1, 0.15) is 13.2 Å². The number of amides is 1. The van der Waals surface area contributed by atoms with Gasteiger partial charge in [-0.15, -0.1) is 11.8 Å². The molecule has 5 nitrogen and oxygen atoms in total. The topological polar surface area (TPSA) is 59.6 Å². The Kier molecular flexibility index (Phi) is 5.43. The molecule has 2 aliphatic rings. The summed E-state index contributed by atoms with van der Waals surface area (Å²) in [4.78, 5) is 13.6. The van der Waals surface area contributed by atoms with Gasteiger partial charge in [0.2, 0.25) is 5.91 Å². The average molecular weight is 385 g/mol. The summed E-state index contributed by atoms with van der Waals surface area (Å²) in [7, 11) is 0. The van der Waals surface area contributed by atoms with Crippen LogP contribution in [0.25, 0.3) is 0 Å². The van der Waals surface area contributed by atoms with Crippen molar-refractivity contribution < 1.29 is 14.3 Å². The highest BCUT2D eigenvalue weighted by Crippen LogP contribution is 2.39. The maximum absolute atomic E-state index is 12.5. The maximum Gasteiger partial charge on any atom is 0.239 e. The summed E-state index contributed by atoms with van der Waals surface area (Å²) in [6, 6.07) is 12.4. The van der Waals surface area contributed by atoms with E-state index in [0.29, 0.717) is 13.2 Å². The number of benzene rings is 2. The molecular formula is C21H24N2O3S. The van der Waals surface area contributed by atoms with Gasteiger partial charge >= 0.3 is 0 Å². The molecule has 1 heterocycles. The van der Waals surface area contributed by atoms with Crippen molar-refractivity contribution in [2.45, 2.75) is 30.2 Å². The van der Waals surface area contributed by atoms with Gasteiger partial charge in [-0.1, -0.05) is 24.3 Å². The van der Waals surface area contributed by atoms with Gasteiger partial charge in [-0.2, -0.15) is 0 Å². The Hall–Kier alpha value is -2.34. The van der Waals surface area contributed by atoms with Crippen LogP contribution in [0.15, 0.2) is 41.3 Å². The van der Waals surface area contributed by atoms with Crippen LogP contribution in [0.3, 0.4) is 0 Å². The zero-order chi connectivity index (χ0) is 18.6. The third kappa shape index (κ3) is 4.00. The minimum Gasteiger partial charge on any atom is -0.486 e. The number of hydrogen-bond acceptors (Lipinski definition) is 5. The van der Waals surface area contributed by atoms with Crippen LogP contribution in [0.1, 0.15) is 30.0 Å². The van der Waals surface area contributed by atoms with Crippen molar-refractivity contribution in [1.82, 2.24) is 5.32 Å². The lowest BCUT2D eigenvalue weighted by Gasteiger charge is -2.26. The number of nitrogens with one attached hydrogen (secondary N) is 2. The predicted molar refractivity (Wildman–Crippen MR) is 108 cm³/mol. The third-order valence-corrected chi connectivity index (χ3v) is 5.79. The van der Waals surface area contributed by atoms with Crippen LogP contribution in [-0.2, 0) is 11.2 Å². The van der Waals surface area contributed by atoms with Crippen molar-refractivity contribution in [3.8, 4) is 11.5 Å². The second-order valence-corrected chi connectivity index (χ2v) is 7.61. The number of anilines is 1. The largest absolute Gasteiger partial charge is 0.486 e. The van der Waals surface area contributed by atoms with Crippen LogP contribution in [0.4, 0.5) is 5.69 Å². The Morgan fingerprint density at radius 2 is 1.96 bits per heavy atom. The van der Waals surface area contributed by atoms with E-state index in [1.54, 1.807) is 11.8 Å². The molecule has 4 rings (SSSR count). The van der Waals surface area contributed by atoms with Gasteiger partial charge in [0, 0.05) is 11.0 Å². The highest BCUT2D eigenvalue weighted by atomic mass is 32.2. The first-order valence-corrected chi connectivity index (χ1v) is 10.6. The molecule has 0 saturated carbocycles. The van der Waals surface area contributed by atoms with Crippen LogP contribution in [-0.4, -0.2) is 31.9 Å². The smallest absolute Gasteiger partial charge is 0.239 e. The number of carbonyl (C=O) groups is 1. The van der Waals surface area contributed by atoms with Crippen molar-refractivity contribution in [3.05, 3.63) is 47.5 Å². The number of rotatable bonds is 5. The van der Waals surface area contributed by atoms with Gasteiger partial charge in [0.15, 0.2) is 11.5 Å². The average Bonchev–Trinajstić information content (AvgIpc) is 2.72. The molecule has 0 bridgehead atoms. The van der Waals surface area contributed by atoms with E-state index in [2.05, 4.69) is 28.8 Å². The fourth-order valence-corrected chi connectivity index (χ4v) is 4.28. The Bertz CT molecular complexity index is 840. The first-order chi connectivity index (χ1) is 13.2. The predicted octanol–water partition coefficient (Wildman–Crippen LogP) is 3.79. The summed E-state index contributed by atoms with van der Waals surface area (Å²) < 4.78 is 11.3. The molecule has 142 valence electrons. The Morgan fingerprint density at radius 3 is 2.78 bits per heavy atom. The van der Waals surface area contributed by atoms with E-state index >= 15 is 0 Å². The zero-order valence-electron chi connectivity index (χ0n) is 15.4. The minimum absolute atomic E-state index is 0.00125. The second kappa shape index (κ2) is 8.13. The van der Waals surface area contributed by atoms with E-state index < -0.39 is 0 Å². The molecule has 0 spiro atoms. The van der Waals surface area contributed by atoms with Crippen molar-refractivity contribution in [2.24, 2.45) is 0 Å². The lowest BCUT2D eigenvalue weighted by molar-refractivity contribution is -0.120. The van der Waals surface area contributed by atoms with Gasteiger partial charge in [-0.3, -0.25) is 4.79 Å². The fourth-order valence-electron chi connectivity index (χ4n) is 3.70. The molecule has 0 fully saturated rings. The third-order valence-electron chi connectivity index (χ3n) is 5.01. The second-order valence-electron chi connectivity index (χ2n) is 6.76. The van der Waals surface area contributed by atoms with Gasteiger partial charge in [-0.05, 0) is 42.7 Å². The monoisotopic (exact) mass is 384 g/mol.